The minimum atomic E-state index is 0.136. The lowest BCUT2D eigenvalue weighted by Gasteiger charge is -2.31. The second kappa shape index (κ2) is 10.1. The minimum Gasteiger partial charge on any atom is -0.489 e. The minimum absolute atomic E-state index is 0.136. The summed E-state index contributed by atoms with van der Waals surface area (Å²) in [5.74, 6) is 0.904. The van der Waals surface area contributed by atoms with Gasteiger partial charge in [0, 0.05) is 12.1 Å². The van der Waals surface area contributed by atoms with Gasteiger partial charge in [-0.2, -0.15) is 0 Å². The van der Waals surface area contributed by atoms with E-state index >= 15 is 0 Å². The predicted octanol–water partition coefficient (Wildman–Crippen LogP) is 3.79. The maximum atomic E-state index is 6.19. The summed E-state index contributed by atoms with van der Waals surface area (Å²) in [4.78, 5) is 2.38. The first kappa shape index (κ1) is 20.2. The van der Waals surface area contributed by atoms with Gasteiger partial charge in [0.25, 0.3) is 0 Å². The van der Waals surface area contributed by atoms with Gasteiger partial charge < -0.3 is 15.8 Å². The lowest BCUT2D eigenvalue weighted by molar-refractivity contribution is 0.210. The van der Waals surface area contributed by atoms with Crippen molar-refractivity contribution < 1.29 is 4.74 Å². The molecule has 0 radical (unpaired) electrons. The highest BCUT2D eigenvalue weighted by atomic mass is 32.1. The monoisotopic (exact) mass is 371 g/mol. The fourth-order valence-electron chi connectivity index (χ4n) is 3.09. The zero-order chi connectivity index (χ0) is 18.9. The first-order chi connectivity index (χ1) is 12.5. The Bertz CT molecular complexity index is 702. The van der Waals surface area contributed by atoms with Gasteiger partial charge in [-0.15, -0.1) is 0 Å². The van der Waals surface area contributed by atoms with Crippen LogP contribution in [0.15, 0.2) is 48.5 Å². The molecule has 2 aromatic rings. The first-order valence-electron chi connectivity index (χ1n) is 9.09. The van der Waals surface area contributed by atoms with Gasteiger partial charge >= 0.3 is 0 Å². The van der Waals surface area contributed by atoms with Crippen molar-refractivity contribution in [2.24, 2.45) is 5.73 Å². The van der Waals surface area contributed by atoms with Crippen molar-refractivity contribution in [2.45, 2.75) is 33.4 Å². The normalized spacial score (nSPS) is 12.0. The number of hydrogen-bond donors (Lipinski definition) is 2. The molecule has 0 fully saturated rings. The molecular formula is C21H29N3OS. The number of nitrogens with two attached hydrogens (primary N) is 1. The van der Waals surface area contributed by atoms with Crippen LogP contribution in [0.3, 0.4) is 0 Å². The molecule has 1 atom stereocenters. The maximum absolute atomic E-state index is 6.19. The highest BCUT2D eigenvalue weighted by Crippen LogP contribution is 2.31. The van der Waals surface area contributed by atoms with E-state index in [0.717, 1.165) is 30.0 Å². The molecule has 1 unspecified atom stereocenters. The van der Waals surface area contributed by atoms with Crippen LogP contribution in [0.1, 0.15) is 36.6 Å². The standard InChI is InChI=1S/C21H29N3OS/c1-4-24(5-2)19(14-23-21(22)26)18-13-16(3)11-12-20(18)25-15-17-9-7-6-8-10-17/h6-13,19H,4-5,14-15H2,1-3H3,(H3,22,23,26). The fourth-order valence-corrected chi connectivity index (χ4v) is 3.18. The SMILES string of the molecule is CCN(CC)C(CNC(N)=S)c1cc(C)ccc1OCc1ccccc1. The number of nitrogens with one attached hydrogen (secondary N) is 1. The van der Waals surface area contributed by atoms with Crippen LogP contribution in [0.25, 0.3) is 0 Å². The number of ether oxygens (including phenoxy) is 1. The number of benzene rings is 2. The third-order valence-corrected chi connectivity index (χ3v) is 4.63. The van der Waals surface area contributed by atoms with Crippen LogP contribution >= 0.6 is 12.2 Å². The summed E-state index contributed by atoms with van der Waals surface area (Å²) in [5, 5.41) is 3.45. The van der Waals surface area contributed by atoms with Gasteiger partial charge in [-0.25, -0.2) is 0 Å². The number of rotatable bonds is 9. The molecule has 0 aliphatic heterocycles. The fraction of sp³-hybridized carbons (Fsp3) is 0.381. The smallest absolute Gasteiger partial charge is 0.163 e. The zero-order valence-electron chi connectivity index (χ0n) is 15.9. The van der Waals surface area contributed by atoms with E-state index in [1.165, 1.54) is 5.56 Å². The largest absolute Gasteiger partial charge is 0.489 e. The molecule has 2 rings (SSSR count). The van der Waals surface area contributed by atoms with E-state index in [-0.39, 0.29) is 6.04 Å². The number of nitrogens with zero attached hydrogens (tertiary/aromatic N) is 1. The quantitative estimate of drug-likeness (QED) is 0.657. The first-order valence-corrected chi connectivity index (χ1v) is 9.50. The number of likely N-dealkylation sites (N-methyl/N-ethyl adjacent to an activating group) is 1. The van der Waals surface area contributed by atoms with Gasteiger partial charge in [0.1, 0.15) is 12.4 Å². The van der Waals surface area contributed by atoms with Gasteiger partial charge in [0.2, 0.25) is 0 Å². The molecule has 26 heavy (non-hydrogen) atoms. The van der Waals surface area contributed by atoms with Crippen molar-refractivity contribution in [3.63, 3.8) is 0 Å². The molecule has 0 heterocycles. The summed E-state index contributed by atoms with van der Waals surface area (Å²) in [6, 6.07) is 16.7. The molecular weight excluding hydrogens is 342 g/mol. The third-order valence-electron chi connectivity index (χ3n) is 4.48. The summed E-state index contributed by atoms with van der Waals surface area (Å²) >= 11 is 5.01. The highest BCUT2D eigenvalue weighted by molar-refractivity contribution is 7.80. The molecule has 0 amide bonds. The third kappa shape index (κ3) is 5.71. The molecule has 0 spiro atoms. The molecule has 0 saturated carbocycles. The van der Waals surface area contributed by atoms with Gasteiger partial charge in [-0.05, 0) is 43.9 Å². The molecule has 0 aromatic heterocycles. The van der Waals surface area contributed by atoms with Crippen LogP contribution in [-0.4, -0.2) is 29.6 Å². The lowest BCUT2D eigenvalue weighted by Crippen LogP contribution is -2.40. The van der Waals surface area contributed by atoms with Crippen LogP contribution in [0.4, 0.5) is 0 Å². The molecule has 140 valence electrons. The van der Waals surface area contributed by atoms with Crippen LogP contribution in [0.2, 0.25) is 0 Å². The van der Waals surface area contributed by atoms with Crippen LogP contribution < -0.4 is 15.8 Å². The molecule has 0 bridgehead atoms. The number of hydrogen-bond acceptors (Lipinski definition) is 3. The molecule has 2 aromatic carbocycles. The highest BCUT2D eigenvalue weighted by Gasteiger charge is 2.22. The predicted molar refractivity (Wildman–Crippen MR) is 112 cm³/mol. The maximum Gasteiger partial charge on any atom is 0.163 e. The Morgan fingerprint density at radius 2 is 1.85 bits per heavy atom. The van der Waals surface area contributed by atoms with E-state index in [4.69, 9.17) is 22.7 Å². The summed E-state index contributed by atoms with van der Waals surface area (Å²) in [5.41, 5.74) is 9.20. The van der Waals surface area contributed by atoms with Crippen LogP contribution in [0, 0.1) is 6.92 Å². The average molecular weight is 372 g/mol. The topological polar surface area (TPSA) is 50.5 Å². The Morgan fingerprint density at radius 1 is 1.15 bits per heavy atom. The molecule has 4 nitrogen and oxygen atoms in total. The van der Waals surface area contributed by atoms with E-state index in [0.29, 0.717) is 18.3 Å². The summed E-state index contributed by atoms with van der Waals surface area (Å²) in [6.07, 6.45) is 0. The second-order valence-corrected chi connectivity index (χ2v) is 6.74. The van der Waals surface area contributed by atoms with Crippen molar-refractivity contribution >= 4 is 17.3 Å². The van der Waals surface area contributed by atoms with Crippen LogP contribution in [-0.2, 0) is 6.61 Å². The van der Waals surface area contributed by atoms with Gasteiger partial charge in [-0.1, -0.05) is 61.9 Å². The Kier molecular flexibility index (Phi) is 7.88. The molecule has 0 saturated heterocycles. The van der Waals surface area contributed by atoms with Crippen molar-refractivity contribution in [3.8, 4) is 5.75 Å². The van der Waals surface area contributed by atoms with E-state index in [1.54, 1.807) is 0 Å². The number of thiocarbonyl (C=S) groups is 1. The summed E-state index contributed by atoms with van der Waals surface area (Å²) in [6.45, 7) is 9.51. The molecule has 0 aliphatic carbocycles. The van der Waals surface area contributed by atoms with Crippen molar-refractivity contribution in [1.82, 2.24) is 10.2 Å². The summed E-state index contributed by atoms with van der Waals surface area (Å²) in [7, 11) is 0. The van der Waals surface area contributed by atoms with E-state index in [1.807, 2.05) is 18.2 Å². The average Bonchev–Trinajstić information content (AvgIpc) is 2.65. The van der Waals surface area contributed by atoms with E-state index in [2.05, 4.69) is 61.3 Å². The molecule has 5 heteroatoms. The van der Waals surface area contributed by atoms with Crippen molar-refractivity contribution in [2.75, 3.05) is 19.6 Å². The molecule has 3 N–H and O–H groups in total. The Labute approximate surface area is 162 Å². The van der Waals surface area contributed by atoms with Crippen LogP contribution in [0.5, 0.6) is 5.75 Å². The Balaban J connectivity index is 2.29. The van der Waals surface area contributed by atoms with Crippen molar-refractivity contribution in [1.29, 1.82) is 0 Å². The van der Waals surface area contributed by atoms with E-state index < -0.39 is 0 Å². The van der Waals surface area contributed by atoms with Crippen molar-refractivity contribution in [3.05, 3.63) is 65.2 Å². The van der Waals surface area contributed by atoms with Gasteiger partial charge in [-0.3, -0.25) is 4.90 Å². The summed E-state index contributed by atoms with van der Waals surface area (Å²) < 4.78 is 6.19. The lowest BCUT2D eigenvalue weighted by atomic mass is 10.0. The molecule has 0 aliphatic rings. The second-order valence-electron chi connectivity index (χ2n) is 6.30. The Hall–Kier alpha value is -2.11. The number of aryl methyl sites for hydroxylation is 1. The Morgan fingerprint density at radius 3 is 2.46 bits per heavy atom. The van der Waals surface area contributed by atoms with Gasteiger partial charge in [0.05, 0.1) is 6.04 Å². The van der Waals surface area contributed by atoms with Gasteiger partial charge in [0.15, 0.2) is 5.11 Å². The zero-order valence-corrected chi connectivity index (χ0v) is 16.7. The van der Waals surface area contributed by atoms with E-state index in [9.17, 15) is 0 Å².